The molecule has 0 saturated heterocycles. The zero-order valence-electron chi connectivity index (χ0n) is 10.7. The smallest absolute Gasteiger partial charge is 0.166 e. The van der Waals surface area contributed by atoms with Crippen LogP contribution in [0.25, 0.3) is 32.3 Å². The van der Waals surface area contributed by atoms with Crippen LogP contribution in [0.15, 0.2) is 60.7 Å². The van der Waals surface area contributed by atoms with E-state index in [1.165, 1.54) is 6.07 Å². The van der Waals surface area contributed by atoms with Crippen LogP contribution in [0, 0.1) is 0 Å². The topological polar surface area (TPSA) is 40.5 Å². The number of phenolic OH excluding ortho intramolecular Hbond substituents is 2. The molecule has 0 bridgehead atoms. The fourth-order valence-corrected chi connectivity index (χ4v) is 2.88. The molecule has 0 radical (unpaired) electrons. The summed E-state index contributed by atoms with van der Waals surface area (Å²) in [5.41, 5.74) is 0. The molecule has 96 valence electrons. The Morgan fingerprint density at radius 2 is 1.15 bits per heavy atom. The predicted octanol–water partition coefficient (Wildman–Crippen LogP) is 4.56. The Hall–Kier alpha value is -2.74. The second-order valence-electron chi connectivity index (χ2n) is 4.98. The lowest BCUT2D eigenvalue weighted by atomic mass is 9.96. The van der Waals surface area contributed by atoms with Crippen LogP contribution < -0.4 is 0 Å². The van der Waals surface area contributed by atoms with E-state index in [1.807, 2.05) is 48.5 Å². The van der Waals surface area contributed by atoms with Gasteiger partial charge in [0.25, 0.3) is 0 Å². The summed E-state index contributed by atoms with van der Waals surface area (Å²) in [6, 6.07) is 19.5. The molecule has 4 aromatic carbocycles. The summed E-state index contributed by atoms with van der Waals surface area (Å²) in [5.74, 6) is -0.137. The first kappa shape index (κ1) is 11.1. The van der Waals surface area contributed by atoms with E-state index in [4.69, 9.17) is 0 Å². The van der Waals surface area contributed by atoms with Gasteiger partial charge in [0.1, 0.15) is 0 Å². The van der Waals surface area contributed by atoms with Crippen LogP contribution in [-0.4, -0.2) is 10.2 Å². The van der Waals surface area contributed by atoms with Crippen molar-refractivity contribution in [2.75, 3.05) is 0 Å². The highest BCUT2D eigenvalue weighted by Gasteiger charge is 2.11. The lowest BCUT2D eigenvalue weighted by Crippen LogP contribution is -1.82. The minimum atomic E-state index is -0.0852. The van der Waals surface area contributed by atoms with Crippen molar-refractivity contribution in [1.82, 2.24) is 0 Å². The molecule has 0 saturated carbocycles. The average molecular weight is 260 g/mol. The first-order valence-electron chi connectivity index (χ1n) is 6.51. The third-order valence-electron chi connectivity index (χ3n) is 3.84. The van der Waals surface area contributed by atoms with E-state index < -0.39 is 0 Å². The number of phenols is 2. The van der Waals surface area contributed by atoms with Crippen LogP contribution in [0.2, 0.25) is 0 Å². The lowest BCUT2D eigenvalue weighted by Gasteiger charge is -2.10. The predicted molar refractivity (Wildman–Crippen MR) is 82.3 cm³/mol. The van der Waals surface area contributed by atoms with Crippen molar-refractivity contribution in [3.05, 3.63) is 60.7 Å². The van der Waals surface area contributed by atoms with Gasteiger partial charge in [0.05, 0.1) is 0 Å². The third-order valence-corrected chi connectivity index (χ3v) is 3.84. The molecular formula is C18H12O2. The molecule has 2 heteroatoms. The Morgan fingerprint density at radius 1 is 0.550 bits per heavy atom. The first-order valence-corrected chi connectivity index (χ1v) is 6.51. The summed E-state index contributed by atoms with van der Waals surface area (Å²) in [5, 5.41) is 25.9. The maximum absolute atomic E-state index is 10.3. The highest BCUT2D eigenvalue weighted by atomic mass is 16.3. The van der Waals surface area contributed by atoms with Crippen LogP contribution in [-0.2, 0) is 0 Å². The van der Waals surface area contributed by atoms with E-state index in [0.717, 1.165) is 26.9 Å². The minimum Gasteiger partial charge on any atom is -0.504 e. The number of hydrogen-bond acceptors (Lipinski definition) is 2. The summed E-state index contributed by atoms with van der Waals surface area (Å²) < 4.78 is 0. The van der Waals surface area contributed by atoms with E-state index in [1.54, 1.807) is 0 Å². The number of hydrogen-bond donors (Lipinski definition) is 2. The molecule has 20 heavy (non-hydrogen) atoms. The van der Waals surface area contributed by atoms with Gasteiger partial charge in [0, 0.05) is 10.8 Å². The second kappa shape index (κ2) is 3.87. The molecule has 0 heterocycles. The summed E-state index contributed by atoms with van der Waals surface area (Å²) in [6.07, 6.45) is 0. The van der Waals surface area contributed by atoms with E-state index in [0.29, 0.717) is 5.39 Å². The molecule has 0 aliphatic rings. The van der Waals surface area contributed by atoms with E-state index >= 15 is 0 Å². The van der Waals surface area contributed by atoms with Crippen molar-refractivity contribution < 1.29 is 10.2 Å². The molecule has 0 fully saturated rings. The molecule has 0 atom stereocenters. The molecule has 4 aromatic rings. The van der Waals surface area contributed by atoms with Gasteiger partial charge < -0.3 is 10.2 Å². The largest absolute Gasteiger partial charge is 0.504 e. The van der Waals surface area contributed by atoms with Crippen molar-refractivity contribution in [1.29, 1.82) is 0 Å². The van der Waals surface area contributed by atoms with Crippen LogP contribution in [0.3, 0.4) is 0 Å². The third kappa shape index (κ3) is 1.39. The van der Waals surface area contributed by atoms with Crippen molar-refractivity contribution in [3.8, 4) is 11.5 Å². The van der Waals surface area contributed by atoms with E-state index in [2.05, 4.69) is 6.07 Å². The van der Waals surface area contributed by atoms with Crippen LogP contribution in [0.5, 0.6) is 11.5 Å². The molecule has 4 rings (SSSR count). The van der Waals surface area contributed by atoms with Crippen LogP contribution in [0.4, 0.5) is 0 Å². The number of rotatable bonds is 0. The summed E-state index contributed by atoms with van der Waals surface area (Å²) in [7, 11) is 0. The van der Waals surface area contributed by atoms with Crippen molar-refractivity contribution >= 4 is 32.3 Å². The van der Waals surface area contributed by atoms with Crippen molar-refractivity contribution in [2.45, 2.75) is 0 Å². The van der Waals surface area contributed by atoms with Gasteiger partial charge in [0.2, 0.25) is 0 Å². The maximum atomic E-state index is 10.3. The summed E-state index contributed by atoms with van der Waals surface area (Å²) in [6.45, 7) is 0. The zero-order chi connectivity index (χ0) is 13.7. The van der Waals surface area contributed by atoms with Gasteiger partial charge in [-0.1, -0.05) is 54.6 Å². The van der Waals surface area contributed by atoms with Crippen LogP contribution >= 0.6 is 0 Å². The highest BCUT2D eigenvalue weighted by molar-refractivity contribution is 6.22. The number of fused-ring (bicyclic) bond motifs is 5. The summed E-state index contributed by atoms with van der Waals surface area (Å²) >= 11 is 0. The Balaban J connectivity index is 2.39. The minimum absolute atomic E-state index is 0.0514. The fourth-order valence-electron chi connectivity index (χ4n) is 2.88. The lowest BCUT2D eigenvalue weighted by molar-refractivity contribution is 0.408. The maximum Gasteiger partial charge on any atom is 0.166 e. The Bertz CT molecular complexity index is 966. The van der Waals surface area contributed by atoms with Gasteiger partial charge in [0.15, 0.2) is 11.5 Å². The molecule has 0 aliphatic heterocycles. The molecule has 0 aromatic heterocycles. The second-order valence-corrected chi connectivity index (χ2v) is 4.98. The van der Waals surface area contributed by atoms with Crippen molar-refractivity contribution in [3.63, 3.8) is 0 Å². The molecule has 2 nitrogen and oxygen atoms in total. The van der Waals surface area contributed by atoms with Gasteiger partial charge >= 0.3 is 0 Å². The molecule has 0 unspecified atom stereocenters. The fraction of sp³-hybridized carbons (Fsp3) is 0. The van der Waals surface area contributed by atoms with Crippen molar-refractivity contribution in [2.24, 2.45) is 0 Å². The molecule has 0 amide bonds. The summed E-state index contributed by atoms with van der Waals surface area (Å²) in [4.78, 5) is 0. The highest BCUT2D eigenvalue weighted by Crippen LogP contribution is 2.40. The monoisotopic (exact) mass is 260 g/mol. The zero-order valence-corrected chi connectivity index (χ0v) is 10.7. The Kier molecular flexibility index (Phi) is 2.15. The van der Waals surface area contributed by atoms with Gasteiger partial charge in [-0.2, -0.15) is 0 Å². The first-order chi connectivity index (χ1) is 9.75. The molecule has 0 aliphatic carbocycles. The Morgan fingerprint density at radius 3 is 1.95 bits per heavy atom. The van der Waals surface area contributed by atoms with Gasteiger partial charge in [-0.15, -0.1) is 0 Å². The number of benzene rings is 4. The van der Waals surface area contributed by atoms with Crippen LogP contribution in [0.1, 0.15) is 0 Å². The van der Waals surface area contributed by atoms with Gasteiger partial charge in [-0.3, -0.25) is 0 Å². The number of aromatic hydroxyl groups is 2. The molecule has 0 spiro atoms. The quantitative estimate of drug-likeness (QED) is 0.359. The van der Waals surface area contributed by atoms with E-state index in [9.17, 15) is 10.2 Å². The molecular weight excluding hydrogens is 248 g/mol. The normalized spacial score (nSPS) is 11.4. The van der Waals surface area contributed by atoms with E-state index in [-0.39, 0.29) is 11.5 Å². The Labute approximate surface area is 115 Å². The SMILES string of the molecule is Oc1ccc2ccc3ccc4ccccc4c3c2c1O. The molecule has 2 N–H and O–H groups in total. The van der Waals surface area contributed by atoms with Gasteiger partial charge in [-0.25, -0.2) is 0 Å². The van der Waals surface area contributed by atoms with Gasteiger partial charge in [-0.05, 0) is 27.6 Å². The average Bonchev–Trinajstić information content (AvgIpc) is 2.50. The standard InChI is InChI=1S/C18H12O2/c19-15-10-9-13-8-7-12-6-5-11-3-1-2-4-14(11)16(12)17(13)18(15)20/h1-10,19-20H.